The first-order chi connectivity index (χ1) is 7.74. The molecule has 1 rings (SSSR count). The first kappa shape index (κ1) is 12.6. The van der Waals surface area contributed by atoms with Gasteiger partial charge in [-0.05, 0) is 19.9 Å². The maximum Gasteiger partial charge on any atom is 0.305 e. The molecular weight excluding hydrogens is 206 g/mol. The highest BCUT2D eigenvalue weighted by atomic mass is 16.5. The SMILES string of the molecule is COC(=O)CCCNC(C)c1cnccn1. The van der Waals surface area contributed by atoms with Crippen molar-refractivity contribution < 1.29 is 9.53 Å². The molecule has 0 spiro atoms. The Balaban J connectivity index is 2.21. The summed E-state index contributed by atoms with van der Waals surface area (Å²) in [6.07, 6.45) is 6.25. The predicted molar refractivity (Wildman–Crippen MR) is 59.7 cm³/mol. The van der Waals surface area contributed by atoms with Crippen LogP contribution in [0.25, 0.3) is 0 Å². The van der Waals surface area contributed by atoms with Gasteiger partial charge in [-0.25, -0.2) is 0 Å². The smallest absolute Gasteiger partial charge is 0.305 e. The molecule has 0 bridgehead atoms. The van der Waals surface area contributed by atoms with Crippen molar-refractivity contribution in [1.82, 2.24) is 15.3 Å². The quantitative estimate of drug-likeness (QED) is 0.577. The lowest BCUT2D eigenvalue weighted by Gasteiger charge is -2.12. The Morgan fingerprint density at radius 3 is 3.00 bits per heavy atom. The Kier molecular flexibility index (Phi) is 5.42. The van der Waals surface area contributed by atoms with Gasteiger partial charge < -0.3 is 10.1 Å². The third kappa shape index (κ3) is 4.35. The number of aromatic nitrogens is 2. The zero-order valence-corrected chi connectivity index (χ0v) is 9.64. The van der Waals surface area contributed by atoms with Crippen LogP contribution in [0, 0.1) is 0 Å². The highest BCUT2D eigenvalue weighted by molar-refractivity contribution is 5.69. The topological polar surface area (TPSA) is 64.1 Å². The zero-order chi connectivity index (χ0) is 11.8. The fourth-order valence-corrected chi connectivity index (χ4v) is 1.29. The van der Waals surface area contributed by atoms with Gasteiger partial charge in [-0.3, -0.25) is 14.8 Å². The van der Waals surface area contributed by atoms with Crippen LogP contribution in [-0.2, 0) is 9.53 Å². The molecule has 0 amide bonds. The van der Waals surface area contributed by atoms with E-state index >= 15 is 0 Å². The molecule has 1 aromatic heterocycles. The highest BCUT2D eigenvalue weighted by Gasteiger charge is 2.06. The van der Waals surface area contributed by atoms with Gasteiger partial charge in [0.1, 0.15) is 0 Å². The third-order valence-corrected chi connectivity index (χ3v) is 2.26. The van der Waals surface area contributed by atoms with Gasteiger partial charge in [0, 0.05) is 31.1 Å². The van der Waals surface area contributed by atoms with Crippen LogP contribution in [-0.4, -0.2) is 29.6 Å². The summed E-state index contributed by atoms with van der Waals surface area (Å²) in [5.74, 6) is -0.172. The molecule has 5 heteroatoms. The van der Waals surface area contributed by atoms with Crippen LogP contribution < -0.4 is 5.32 Å². The second-order valence-corrected chi connectivity index (χ2v) is 3.49. The van der Waals surface area contributed by atoms with Crippen molar-refractivity contribution in [3.63, 3.8) is 0 Å². The molecule has 0 aliphatic carbocycles. The average Bonchev–Trinajstić information content (AvgIpc) is 2.35. The van der Waals surface area contributed by atoms with Gasteiger partial charge in [0.05, 0.1) is 12.8 Å². The Morgan fingerprint density at radius 2 is 2.38 bits per heavy atom. The van der Waals surface area contributed by atoms with Gasteiger partial charge in [-0.15, -0.1) is 0 Å². The Morgan fingerprint density at radius 1 is 1.56 bits per heavy atom. The number of carbonyl (C=O) groups excluding carboxylic acids is 1. The summed E-state index contributed by atoms with van der Waals surface area (Å²) in [5, 5.41) is 3.27. The van der Waals surface area contributed by atoms with Crippen LogP contribution in [0.5, 0.6) is 0 Å². The lowest BCUT2D eigenvalue weighted by atomic mass is 10.2. The van der Waals surface area contributed by atoms with E-state index in [9.17, 15) is 4.79 Å². The molecular formula is C11H17N3O2. The van der Waals surface area contributed by atoms with Crippen molar-refractivity contribution in [2.45, 2.75) is 25.8 Å². The molecule has 0 aromatic carbocycles. The number of esters is 1. The van der Waals surface area contributed by atoms with E-state index < -0.39 is 0 Å². The fraction of sp³-hybridized carbons (Fsp3) is 0.545. The van der Waals surface area contributed by atoms with E-state index in [4.69, 9.17) is 0 Å². The maximum absolute atomic E-state index is 10.9. The number of hydrogen-bond donors (Lipinski definition) is 1. The predicted octanol–water partition coefficient (Wildman–Crippen LogP) is 1.08. The second-order valence-electron chi connectivity index (χ2n) is 3.49. The van der Waals surface area contributed by atoms with Crippen molar-refractivity contribution in [2.75, 3.05) is 13.7 Å². The lowest BCUT2D eigenvalue weighted by Crippen LogP contribution is -2.21. The highest BCUT2D eigenvalue weighted by Crippen LogP contribution is 2.06. The van der Waals surface area contributed by atoms with Crippen molar-refractivity contribution in [3.8, 4) is 0 Å². The molecule has 1 N–H and O–H groups in total. The van der Waals surface area contributed by atoms with E-state index in [0.717, 1.165) is 18.7 Å². The summed E-state index contributed by atoms with van der Waals surface area (Å²) < 4.78 is 4.55. The van der Waals surface area contributed by atoms with Crippen molar-refractivity contribution in [3.05, 3.63) is 24.3 Å². The van der Waals surface area contributed by atoms with Crippen molar-refractivity contribution >= 4 is 5.97 Å². The van der Waals surface area contributed by atoms with Crippen LogP contribution in [0.3, 0.4) is 0 Å². The molecule has 0 aliphatic heterocycles. The van der Waals surface area contributed by atoms with Crippen LogP contribution in [0.4, 0.5) is 0 Å². The van der Waals surface area contributed by atoms with Gasteiger partial charge in [-0.2, -0.15) is 0 Å². The van der Waals surface area contributed by atoms with Gasteiger partial charge in [-0.1, -0.05) is 0 Å². The minimum absolute atomic E-state index is 0.145. The molecule has 1 aromatic rings. The summed E-state index contributed by atoms with van der Waals surface area (Å²) in [6, 6.07) is 0.145. The van der Waals surface area contributed by atoms with E-state index in [1.54, 1.807) is 18.6 Å². The third-order valence-electron chi connectivity index (χ3n) is 2.26. The van der Waals surface area contributed by atoms with Crippen molar-refractivity contribution in [1.29, 1.82) is 0 Å². The molecule has 88 valence electrons. The Hall–Kier alpha value is -1.49. The normalized spacial score (nSPS) is 12.1. The number of rotatable bonds is 6. The number of hydrogen-bond acceptors (Lipinski definition) is 5. The lowest BCUT2D eigenvalue weighted by molar-refractivity contribution is -0.140. The molecule has 16 heavy (non-hydrogen) atoms. The summed E-state index contributed by atoms with van der Waals surface area (Å²) in [7, 11) is 1.40. The van der Waals surface area contributed by atoms with Gasteiger partial charge >= 0.3 is 5.97 Å². The molecule has 1 unspecified atom stereocenters. The van der Waals surface area contributed by atoms with Crippen LogP contribution in [0.1, 0.15) is 31.5 Å². The van der Waals surface area contributed by atoms with E-state index in [1.807, 2.05) is 6.92 Å². The first-order valence-corrected chi connectivity index (χ1v) is 5.30. The maximum atomic E-state index is 10.9. The summed E-state index contributed by atoms with van der Waals surface area (Å²) in [6.45, 7) is 2.77. The number of nitrogens with one attached hydrogen (secondary N) is 1. The zero-order valence-electron chi connectivity index (χ0n) is 9.64. The van der Waals surface area contributed by atoms with Crippen molar-refractivity contribution in [2.24, 2.45) is 0 Å². The van der Waals surface area contributed by atoms with Crippen LogP contribution in [0.15, 0.2) is 18.6 Å². The molecule has 0 fully saturated rings. The largest absolute Gasteiger partial charge is 0.469 e. The van der Waals surface area contributed by atoms with E-state index in [2.05, 4.69) is 20.0 Å². The second kappa shape index (κ2) is 6.90. The average molecular weight is 223 g/mol. The monoisotopic (exact) mass is 223 g/mol. The molecule has 0 aliphatic rings. The van der Waals surface area contributed by atoms with Crippen LogP contribution in [0.2, 0.25) is 0 Å². The van der Waals surface area contributed by atoms with E-state index in [1.165, 1.54) is 7.11 Å². The molecule has 1 heterocycles. The summed E-state index contributed by atoms with van der Waals surface area (Å²) in [4.78, 5) is 19.0. The van der Waals surface area contributed by atoms with Gasteiger partial charge in [0.2, 0.25) is 0 Å². The van der Waals surface area contributed by atoms with Gasteiger partial charge in [0.15, 0.2) is 0 Å². The Bertz CT molecular complexity index is 316. The number of methoxy groups -OCH3 is 1. The summed E-state index contributed by atoms with van der Waals surface area (Å²) >= 11 is 0. The van der Waals surface area contributed by atoms with Gasteiger partial charge in [0.25, 0.3) is 0 Å². The Labute approximate surface area is 95.3 Å². The standard InChI is InChI=1S/C11H17N3O2/c1-9(10-8-12-6-7-14-10)13-5-3-4-11(15)16-2/h6-9,13H,3-5H2,1-2H3. The van der Waals surface area contributed by atoms with Crippen LogP contribution >= 0.6 is 0 Å². The first-order valence-electron chi connectivity index (χ1n) is 5.30. The number of ether oxygens (including phenoxy) is 1. The van der Waals surface area contributed by atoms with E-state index in [0.29, 0.717) is 6.42 Å². The summed E-state index contributed by atoms with van der Waals surface area (Å²) in [5.41, 5.74) is 0.903. The minimum Gasteiger partial charge on any atom is -0.469 e. The number of carbonyl (C=O) groups is 1. The fourth-order valence-electron chi connectivity index (χ4n) is 1.29. The van der Waals surface area contributed by atoms with E-state index in [-0.39, 0.29) is 12.0 Å². The molecule has 0 radical (unpaired) electrons. The minimum atomic E-state index is -0.172. The molecule has 5 nitrogen and oxygen atoms in total. The molecule has 0 saturated heterocycles. The number of nitrogens with zero attached hydrogens (tertiary/aromatic N) is 2. The molecule has 1 atom stereocenters. The molecule has 0 saturated carbocycles.